The van der Waals surface area contributed by atoms with Crippen LogP contribution in [0.1, 0.15) is 47.1 Å². The summed E-state index contributed by atoms with van der Waals surface area (Å²) in [4.78, 5) is 25.5. The average molecular weight is 385 g/mol. The molecule has 0 radical (unpaired) electrons. The molecule has 1 aliphatic heterocycles. The Morgan fingerprint density at radius 1 is 1.25 bits per heavy atom. The standard InChI is InChI=1S/C20H27N5O3/c1-14(23-10-4-5-11-23)12-21-20(26)18-8-6-17(7-9-18)13-24-16(3)19(25(27)28)15(2)22-24/h6-9,14H,4-5,10-13H2,1-3H3,(H,21,26)/t14-/m1/s1. The Balaban J connectivity index is 1.59. The Morgan fingerprint density at radius 2 is 1.89 bits per heavy atom. The molecule has 1 fully saturated rings. The Kier molecular flexibility index (Phi) is 6.08. The van der Waals surface area contributed by atoms with Crippen LogP contribution in [0, 0.1) is 24.0 Å². The zero-order chi connectivity index (χ0) is 20.3. The van der Waals surface area contributed by atoms with Gasteiger partial charge in [0.2, 0.25) is 0 Å². The van der Waals surface area contributed by atoms with Crippen molar-refractivity contribution in [3.63, 3.8) is 0 Å². The summed E-state index contributed by atoms with van der Waals surface area (Å²) in [5.41, 5.74) is 2.54. The highest BCUT2D eigenvalue weighted by Gasteiger charge is 2.22. The summed E-state index contributed by atoms with van der Waals surface area (Å²) in [6.45, 7) is 8.75. The number of nitrogens with one attached hydrogen (secondary N) is 1. The molecule has 8 heteroatoms. The maximum Gasteiger partial charge on any atom is 0.312 e. The third-order valence-corrected chi connectivity index (χ3v) is 5.40. The summed E-state index contributed by atoms with van der Waals surface area (Å²) in [5.74, 6) is -0.0839. The molecule has 1 atom stereocenters. The number of rotatable bonds is 7. The largest absolute Gasteiger partial charge is 0.350 e. The molecule has 0 spiro atoms. The average Bonchev–Trinajstić information content (AvgIpc) is 3.29. The Bertz CT molecular complexity index is 853. The molecule has 3 rings (SSSR count). The first kappa shape index (κ1) is 20.0. The summed E-state index contributed by atoms with van der Waals surface area (Å²) in [7, 11) is 0. The number of aryl methyl sites for hydroxylation is 1. The van der Waals surface area contributed by atoms with E-state index in [9.17, 15) is 14.9 Å². The Hall–Kier alpha value is -2.74. The van der Waals surface area contributed by atoms with E-state index in [0.717, 1.165) is 18.7 Å². The second kappa shape index (κ2) is 8.52. The number of aromatic nitrogens is 2. The van der Waals surface area contributed by atoms with Crippen LogP contribution in [-0.2, 0) is 6.54 Å². The van der Waals surface area contributed by atoms with Crippen molar-refractivity contribution in [1.29, 1.82) is 0 Å². The molecule has 1 aromatic heterocycles. The lowest BCUT2D eigenvalue weighted by Crippen LogP contribution is -2.40. The van der Waals surface area contributed by atoms with Gasteiger partial charge in [0.05, 0.1) is 11.5 Å². The van der Waals surface area contributed by atoms with Gasteiger partial charge in [-0.1, -0.05) is 12.1 Å². The molecule has 1 amide bonds. The van der Waals surface area contributed by atoms with E-state index in [1.165, 1.54) is 12.8 Å². The summed E-state index contributed by atoms with van der Waals surface area (Å²) in [6, 6.07) is 7.63. The van der Waals surface area contributed by atoms with Gasteiger partial charge in [-0.25, -0.2) is 0 Å². The van der Waals surface area contributed by atoms with Crippen LogP contribution in [0.15, 0.2) is 24.3 Å². The third kappa shape index (κ3) is 4.39. The molecule has 28 heavy (non-hydrogen) atoms. The molecule has 2 aromatic rings. The van der Waals surface area contributed by atoms with Crippen molar-refractivity contribution >= 4 is 11.6 Å². The van der Waals surface area contributed by atoms with Crippen LogP contribution in [0.4, 0.5) is 5.69 Å². The number of nitro groups is 1. The Morgan fingerprint density at radius 3 is 2.46 bits per heavy atom. The van der Waals surface area contributed by atoms with E-state index >= 15 is 0 Å². The van der Waals surface area contributed by atoms with Gasteiger partial charge in [0.25, 0.3) is 5.91 Å². The van der Waals surface area contributed by atoms with Gasteiger partial charge < -0.3 is 5.32 Å². The van der Waals surface area contributed by atoms with E-state index in [1.54, 1.807) is 30.7 Å². The number of hydrogen-bond donors (Lipinski definition) is 1. The van der Waals surface area contributed by atoms with Gasteiger partial charge in [0.15, 0.2) is 0 Å². The molecule has 1 aliphatic rings. The topological polar surface area (TPSA) is 93.3 Å². The SMILES string of the molecule is Cc1nn(Cc2ccc(C(=O)NC[C@@H](C)N3CCCC3)cc2)c(C)c1[N+](=O)[O-]. The molecule has 150 valence electrons. The molecule has 0 unspecified atom stereocenters. The highest BCUT2D eigenvalue weighted by atomic mass is 16.6. The quantitative estimate of drug-likeness (QED) is 0.584. The van der Waals surface area contributed by atoms with Crippen molar-refractivity contribution in [2.45, 2.75) is 46.2 Å². The van der Waals surface area contributed by atoms with Crippen LogP contribution < -0.4 is 5.32 Å². The maximum absolute atomic E-state index is 12.4. The third-order valence-electron chi connectivity index (χ3n) is 5.40. The van der Waals surface area contributed by atoms with E-state index in [0.29, 0.717) is 36.1 Å². The van der Waals surface area contributed by atoms with Crippen molar-refractivity contribution in [1.82, 2.24) is 20.0 Å². The fourth-order valence-electron chi connectivity index (χ4n) is 3.69. The monoisotopic (exact) mass is 385 g/mol. The lowest BCUT2D eigenvalue weighted by Gasteiger charge is -2.23. The number of hydrogen-bond acceptors (Lipinski definition) is 5. The fraction of sp³-hybridized carbons (Fsp3) is 0.500. The van der Waals surface area contributed by atoms with Gasteiger partial charge in [0.1, 0.15) is 11.4 Å². The maximum atomic E-state index is 12.4. The van der Waals surface area contributed by atoms with Crippen molar-refractivity contribution in [3.8, 4) is 0 Å². The molecule has 0 bridgehead atoms. The van der Waals surface area contributed by atoms with E-state index < -0.39 is 4.92 Å². The molecule has 1 aromatic carbocycles. The van der Waals surface area contributed by atoms with Crippen LogP contribution in [0.3, 0.4) is 0 Å². The molecule has 0 aliphatic carbocycles. The predicted octanol–water partition coefficient (Wildman–Crippen LogP) is 2.67. The highest BCUT2D eigenvalue weighted by molar-refractivity contribution is 5.94. The zero-order valence-corrected chi connectivity index (χ0v) is 16.6. The van der Waals surface area contributed by atoms with Crippen LogP contribution in [0.2, 0.25) is 0 Å². The molecular weight excluding hydrogens is 358 g/mol. The van der Waals surface area contributed by atoms with Gasteiger partial charge >= 0.3 is 5.69 Å². The van der Waals surface area contributed by atoms with Gasteiger partial charge in [-0.15, -0.1) is 0 Å². The smallest absolute Gasteiger partial charge is 0.312 e. The summed E-state index contributed by atoms with van der Waals surface area (Å²) >= 11 is 0. The lowest BCUT2D eigenvalue weighted by molar-refractivity contribution is -0.386. The van der Waals surface area contributed by atoms with Crippen LogP contribution in [-0.4, -0.2) is 51.2 Å². The zero-order valence-electron chi connectivity index (χ0n) is 16.6. The van der Waals surface area contributed by atoms with Crippen molar-refractivity contribution in [2.75, 3.05) is 19.6 Å². The predicted molar refractivity (Wildman–Crippen MR) is 107 cm³/mol. The van der Waals surface area contributed by atoms with Crippen LogP contribution >= 0.6 is 0 Å². The van der Waals surface area contributed by atoms with Gasteiger partial charge in [-0.05, 0) is 64.4 Å². The number of carbonyl (C=O) groups excluding carboxylic acids is 1. The molecular formula is C20H27N5O3. The minimum absolute atomic E-state index is 0.0584. The minimum atomic E-state index is -0.398. The summed E-state index contributed by atoms with van der Waals surface area (Å²) < 4.78 is 1.63. The van der Waals surface area contributed by atoms with Crippen molar-refractivity contribution in [3.05, 3.63) is 56.9 Å². The van der Waals surface area contributed by atoms with Crippen molar-refractivity contribution in [2.24, 2.45) is 0 Å². The lowest BCUT2D eigenvalue weighted by atomic mass is 10.1. The second-order valence-corrected chi connectivity index (χ2v) is 7.43. The fourth-order valence-corrected chi connectivity index (χ4v) is 3.69. The number of likely N-dealkylation sites (tertiary alicyclic amines) is 1. The van der Waals surface area contributed by atoms with E-state index in [-0.39, 0.29) is 11.6 Å². The van der Waals surface area contributed by atoms with Gasteiger partial charge in [0, 0.05) is 18.2 Å². The number of carbonyl (C=O) groups is 1. The number of benzene rings is 1. The molecule has 2 heterocycles. The number of nitrogens with zero attached hydrogens (tertiary/aromatic N) is 4. The first-order valence-corrected chi connectivity index (χ1v) is 9.66. The minimum Gasteiger partial charge on any atom is -0.350 e. The summed E-state index contributed by atoms with van der Waals surface area (Å²) in [6.07, 6.45) is 2.47. The van der Waals surface area contributed by atoms with E-state index in [4.69, 9.17) is 0 Å². The number of amides is 1. The van der Waals surface area contributed by atoms with Gasteiger partial charge in [-0.2, -0.15) is 5.10 Å². The molecule has 1 saturated heterocycles. The van der Waals surface area contributed by atoms with Gasteiger partial charge in [-0.3, -0.25) is 24.5 Å². The molecule has 8 nitrogen and oxygen atoms in total. The second-order valence-electron chi connectivity index (χ2n) is 7.43. The highest BCUT2D eigenvalue weighted by Crippen LogP contribution is 2.22. The first-order chi connectivity index (χ1) is 13.4. The Labute approximate surface area is 164 Å². The first-order valence-electron chi connectivity index (χ1n) is 9.66. The molecule has 1 N–H and O–H groups in total. The van der Waals surface area contributed by atoms with E-state index in [1.807, 2.05) is 12.1 Å². The molecule has 0 saturated carbocycles. The van der Waals surface area contributed by atoms with Crippen molar-refractivity contribution < 1.29 is 9.72 Å². The van der Waals surface area contributed by atoms with Crippen LogP contribution in [0.25, 0.3) is 0 Å². The summed E-state index contributed by atoms with van der Waals surface area (Å²) in [5, 5.41) is 18.4. The normalized spacial score (nSPS) is 15.5. The van der Waals surface area contributed by atoms with E-state index in [2.05, 4.69) is 22.2 Å². The van der Waals surface area contributed by atoms with Crippen LogP contribution in [0.5, 0.6) is 0 Å².